The van der Waals surface area contributed by atoms with Gasteiger partial charge in [0, 0.05) is 37.0 Å². The summed E-state index contributed by atoms with van der Waals surface area (Å²) in [5.41, 5.74) is 2.91. The molecule has 1 aromatic heterocycles. The fourth-order valence-corrected chi connectivity index (χ4v) is 6.75. The van der Waals surface area contributed by atoms with E-state index in [9.17, 15) is 13.2 Å². The van der Waals surface area contributed by atoms with Crippen molar-refractivity contribution >= 4 is 50.3 Å². The number of carbonyl (C=O) groups excluding carboxylic acids is 1. The summed E-state index contributed by atoms with van der Waals surface area (Å²) in [4.78, 5) is 15.1. The van der Waals surface area contributed by atoms with E-state index in [1.54, 1.807) is 41.1 Å². The standard InChI is InChI=1S/C26H24N4O4S3/c1-2-12-29-25(31)23(36-26(29)35)17-20-18-30(21-6-4-3-5-7-21)27-24(20)19-8-10-22(11-9-19)37(32,33)28-13-15-34-16-14-28/h2-11,17-18H,1,12-16H2. The number of amides is 1. The van der Waals surface area contributed by atoms with Crippen molar-refractivity contribution in [2.75, 3.05) is 32.8 Å². The van der Waals surface area contributed by atoms with Crippen LogP contribution in [-0.2, 0) is 19.6 Å². The number of thioether (sulfide) groups is 1. The average molecular weight is 553 g/mol. The first kappa shape index (κ1) is 25.6. The van der Waals surface area contributed by atoms with E-state index < -0.39 is 10.0 Å². The Morgan fingerprint density at radius 1 is 1.08 bits per heavy atom. The highest BCUT2D eigenvalue weighted by molar-refractivity contribution is 8.26. The number of benzene rings is 2. The molecule has 0 unspecified atom stereocenters. The Morgan fingerprint density at radius 3 is 2.46 bits per heavy atom. The molecule has 0 atom stereocenters. The predicted molar refractivity (Wildman–Crippen MR) is 149 cm³/mol. The highest BCUT2D eigenvalue weighted by atomic mass is 32.2. The molecule has 37 heavy (non-hydrogen) atoms. The summed E-state index contributed by atoms with van der Waals surface area (Å²) in [7, 11) is -3.61. The van der Waals surface area contributed by atoms with Gasteiger partial charge in [0.1, 0.15) is 4.32 Å². The number of thiocarbonyl (C=S) groups is 1. The Bertz CT molecular complexity index is 1480. The van der Waals surface area contributed by atoms with E-state index in [0.717, 1.165) is 11.3 Å². The fourth-order valence-electron chi connectivity index (χ4n) is 4.08. The maximum atomic E-state index is 13.0. The zero-order valence-electron chi connectivity index (χ0n) is 19.8. The van der Waals surface area contributed by atoms with Crippen LogP contribution < -0.4 is 0 Å². The van der Waals surface area contributed by atoms with Gasteiger partial charge in [-0.15, -0.1) is 6.58 Å². The van der Waals surface area contributed by atoms with Gasteiger partial charge in [-0.3, -0.25) is 9.69 Å². The molecule has 0 bridgehead atoms. The molecule has 0 N–H and O–H groups in total. The molecule has 2 saturated heterocycles. The van der Waals surface area contributed by atoms with Crippen LogP contribution in [0.1, 0.15) is 5.56 Å². The van der Waals surface area contributed by atoms with Crippen molar-refractivity contribution in [2.24, 2.45) is 0 Å². The van der Waals surface area contributed by atoms with Crippen molar-refractivity contribution in [1.82, 2.24) is 19.0 Å². The lowest BCUT2D eigenvalue weighted by Gasteiger charge is -2.26. The molecule has 1 amide bonds. The molecular formula is C26H24N4O4S3. The molecule has 5 rings (SSSR count). The largest absolute Gasteiger partial charge is 0.379 e. The molecule has 0 saturated carbocycles. The number of nitrogens with zero attached hydrogens (tertiary/aromatic N) is 4. The third kappa shape index (κ3) is 5.18. The number of morpholine rings is 1. The molecule has 2 aliphatic heterocycles. The minimum absolute atomic E-state index is 0.180. The van der Waals surface area contributed by atoms with Crippen LogP contribution in [-0.4, -0.2) is 70.5 Å². The number of sulfonamides is 1. The van der Waals surface area contributed by atoms with Gasteiger partial charge >= 0.3 is 0 Å². The molecule has 190 valence electrons. The summed E-state index contributed by atoms with van der Waals surface area (Å²) in [6, 6.07) is 16.3. The van der Waals surface area contributed by atoms with Crippen molar-refractivity contribution in [2.45, 2.75) is 4.90 Å². The second-order valence-electron chi connectivity index (χ2n) is 8.33. The number of aromatic nitrogens is 2. The third-order valence-corrected chi connectivity index (χ3v) is 9.26. The van der Waals surface area contributed by atoms with Gasteiger partial charge in [0.15, 0.2) is 0 Å². The number of rotatable bonds is 7. The topological polar surface area (TPSA) is 84.7 Å². The molecule has 0 aliphatic carbocycles. The van der Waals surface area contributed by atoms with E-state index in [4.69, 9.17) is 22.1 Å². The fraction of sp³-hybridized carbons (Fsp3) is 0.192. The second-order valence-corrected chi connectivity index (χ2v) is 11.9. The van der Waals surface area contributed by atoms with Crippen LogP contribution in [0, 0.1) is 0 Å². The molecule has 8 nitrogen and oxygen atoms in total. The highest BCUT2D eigenvalue weighted by Crippen LogP contribution is 2.35. The summed E-state index contributed by atoms with van der Waals surface area (Å²) >= 11 is 6.61. The second kappa shape index (κ2) is 10.7. The summed E-state index contributed by atoms with van der Waals surface area (Å²) < 4.78 is 35.0. The van der Waals surface area contributed by atoms with Crippen molar-refractivity contribution in [3.8, 4) is 16.9 Å². The molecule has 0 spiro atoms. The first-order chi connectivity index (χ1) is 17.9. The Hall–Kier alpha value is -3.09. The molecule has 0 radical (unpaired) electrons. The number of hydrogen-bond acceptors (Lipinski definition) is 7. The van der Waals surface area contributed by atoms with Gasteiger partial charge in [0.25, 0.3) is 5.91 Å². The Labute approximate surface area is 225 Å². The van der Waals surface area contributed by atoms with Crippen LogP contribution in [0.3, 0.4) is 0 Å². The first-order valence-electron chi connectivity index (χ1n) is 11.6. The van der Waals surface area contributed by atoms with E-state index in [1.807, 2.05) is 36.5 Å². The van der Waals surface area contributed by atoms with E-state index in [-0.39, 0.29) is 10.8 Å². The van der Waals surface area contributed by atoms with Crippen LogP contribution in [0.25, 0.3) is 23.0 Å². The summed E-state index contributed by atoms with van der Waals surface area (Å²) in [6.07, 6.45) is 5.27. The van der Waals surface area contributed by atoms with Gasteiger partial charge in [-0.25, -0.2) is 13.1 Å². The monoisotopic (exact) mass is 552 g/mol. The van der Waals surface area contributed by atoms with Crippen molar-refractivity contribution in [1.29, 1.82) is 0 Å². The predicted octanol–water partition coefficient (Wildman–Crippen LogP) is 3.95. The van der Waals surface area contributed by atoms with Gasteiger partial charge in [-0.2, -0.15) is 9.40 Å². The molecule has 2 aromatic carbocycles. The number of ether oxygens (including phenoxy) is 1. The smallest absolute Gasteiger partial charge is 0.266 e. The average Bonchev–Trinajstić information content (AvgIpc) is 3.46. The summed E-state index contributed by atoms with van der Waals surface area (Å²) in [5, 5.41) is 4.79. The van der Waals surface area contributed by atoms with E-state index in [0.29, 0.717) is 53.3 Å². The summed E-state index contributed by atoms with van der Waals surface area (Å²) in [6.45, 7) is 5.48. The van der Waals surface area contributed by atoms with Gasteiger partial charge in [-0.05, 0) is 30.3 Å². The van der Waals surface area contributed by atoms with Crippen molar-refractivity contribution < 1.29 is 17.9 Å². The van der Waals surface area contributed by atoms with Gasteiger partial charge in [0.05, 0.1) is 34.4 Å². The lowest BCUT2D eigenvalue weighted by molar-refractivity contribution is -0.121. The molecule has 11 heteroatoms. The first-order valence-corrected chi connectivity index (χ1v) is 14.2. The normalized spacial score (nSPS) is 18.1. The molecule has 2 aliphatic rings. The van der Waals surface area contributed by atoms with E-state index >= 15 is 0 Å². The zero-order chi connectivity index (χ0) is 26.0. The molecular weight excluding hydrogens is 529 g/mol. The maximum Gasteiger partial charge on any atom is 0.266 e. The van der Waals surface area contributed by atoms with Crippen LogP contribution in [0.2, 0.25) is 0 Å². The van der Waals surface area contributed by atoms with Crippen molar-refractivity contribution in [3.63, 3.8) is 0 Å². The highest BCUT2D eigenvalue weighted by Gasteiger charge is 2.32. The van der Waals surface area contributed by atoms with E-state index in [1.165, 1.54) is 21.0 Å². The van der Waals surface area contributed by atoms with Crippen LogP contribution in [0.5, 0.6) is 0 Å². The molecule has 2 fully saturated rings. The third-order valence-electron chi connectivity index (χ3n) is 5.97. The zero-order valence-corrected chi connectivity index (χ0v) is 22.3. The number of hydrogen-bond donors (Lipinski definition) is 0. The lowest BCUT2D eigenvalue weighted by Crippen LogP contribution is -2.40. The summed E-state index contributed by atoms with van der Waals surface area (Å²) in [5.74, 6) is -0.180. The Balaban J connectivity index is 1.53. The number of para-hydroxylation sites is 1. The minimum atomic E-state index is -3.61. The number of carbonyl (C=O) groups is 1. The SMILES string of the molecule is C=CCN1C(=O)C(=Cc2cn(-c3ccccc3)nc2-c2ccc(S(=O)(=O)N3CCOCC3)cc2)SC1=S. The Morgan fingerprint density at radius 2 is 1.78 bits per heavy atom. The van der Waals surface area contributed by atoms with Gasteiger partial charge < -0.3 is 4.74 Å². The molecule has 3 heterocycles. The van der Waals surface area contributed by atoms with Crippen molar-refractivity contribution in [3.05, 3.63) is 83.9 Å². The lowest BCUT2D eigenvalue weighted by atomic mass is 10.1. The maximum absolute atomic E-state index is 13.0. The van der Waals surface area contributed by atoms with E-state index in [2.05, 4.69) is 6.58 Å². The minimum Gasteiger partial charge on any atom is -0.379 e. The van der Waals surface area contributed by atoms with Crippen LogP contribution >= 0.6 is 24.0 Å². The Kier molecular flexibility index (Phi) is 7.40. The van der Waals surface area contributed by atoms with Gasteiger partial charge in [0.2, 0.25) is 10.0 Å². The van der Waals surface area contributed by atoms with Crippen LogP contribution in [0.4, 0.5) is 0 Å². The quantitative estimate of drug-likeness (QED) is 0.249. The van der Waals surface area contributed by atoms with Crippen LogP contribution in [0.15, 0.2) is 83.2 Å². The molecule has 3 aromatic rings. The van der Waals surface area contributed by atoms with Gasteiger partial charge in [-0.1, -0.05) is 60.4 Å².